The average molecular weight is 317 g/mol. The van der Waals surface area contributed by atoms with Crippen LogP contribution in [0.4, 0.5) is 0 Å². The zero-order valence-corrected chi connectivity index (χ0v) is 13.5. The number of phenols is 1. The van der Waals surface area contributed by atoms with E-state index in [2.05, 4.69) is 6.92 Å². The first-order valence-corrected chi connectivity index (χ1v) is 7.99. The minimum absolute atomic E-state index is 0.00967. The molecule has 2 rings (SSSR count). The van der Waals surface area contributed by atoms with Crippen LogP contribution in [0.3, 0.4) is 0 Å². The van der Waals surface area contributed by atoms with Crippen LogP contribution in [0.25, 0.3) is 0 Å². The molecule has 0 spiro atoms. The predicted octanol–water partition coefficient (Wildman–Crippen LogP) is 3.04. The molecule has 124 valence electrons. The summed E-state index contributed by atoms with van der Waals surface area (Å²) in [5, 5.41) is 19.3. The van der Waals surface area contributed by atoms with Gasteiger partial charge in [-0.15, -0.1) is 0 Å². The van der Waals surface area contributed by atoms with Crippen LogP contribution in [0.2, 0.25) is 0 Å². The highest BCUT2D eigenvalue weighted by molar-refractivity contribution is 5.92. The molecule has 0 aromatic heterocycles. The van der Waals surface area contributed by atoms with E-state index in [1.807, 2.05) is 6.92 Å². The average Bonchev–Trinajstić information content (AvgIpc) is 2.50. The Morgan fingerprint density at radius 1 is 1.39 bits per heavy atom. The van der Waals surface area contributed by atoms with Crippen molar-refractivity contribution in [3.63, 3.8) is 0 Å². The summed E-state index contributed by atoms with van der Waals surface area (Å²) in [5.41, 5.74) is 1.35. The lowest BCUT2D eigenvalue weighted by Crippen LogP contribution is -2.48. The molecular weight excluding hydrogens is 294 g/mol. The van der Waals surface area contributed by atoms with Gasteiger partial charge in [-0.1, -0.05) is 31.9 Å². The molecule has 0 saturated carbocycles. The molecule has 5 heteroatoms. The molecule has 0 radical (unpaired) electrons. The lowest BCUT2D eigenvalue weighted by Gasteiger charge is -2.39. The number of carbonyl (C=O) groups excluding carboxylic acids is 1. The molecule has 0 aliphatic carbocycles. The highest BCUT2D eigenvalue weighted by Gasteiger charge is 2.39. The van der Waals surface area contributed by atoms with Gasteiger partial charge in [-0.25, -0.2) is 4.79 Å². The molecule has 23 heavy (non-hydrogen) atoms. The summed E-state index contributed by atoms with van der Waals surface area (Å²) < 4.78 is 0. The summed E-state index contributed by atoms with van der Waals surface area (Å²) in [6, 6.07) is 3.45. The van der Waals surface area contributed by atoms with Gasteiger partial charge >= 0.3 is 5.97 Å². The number of amides is 1. The number of carbonyl (C=O) groups is 2. The number of rotatable bonds is 5. The Bertz CT molecular complexity index is 623. The fourth-order valence-corrected chi connectivity index (χ4v) is 3.03. The maximum absolute atomic E-state index is 12.5. The van der Waals surface area contributed by atoms with Crippen LogP contribution in [-0.2, 0) is 16.0 Å². The quantitative estimate of drug-likeness (QED) is 0.646. The molecule has 5 nitrogen and oxygen atoms in total. The van der Waals surface area contributed by atoms with Gasteiger partial charge in [0, 0.05) is 6.04 Å². The SMILES string of the molecule is CCCCC=CC(=O)N1C(C(=O)O)c2cc(O)ccc2C[C@@H]1C. The maximum Gasteiger partial charge on any atom is 0.331 e. The molecule has 2 atom stereocenters. The highest BCUT2D eigenvalue weighted by Crippen LogP contribution is 2.35. The van der Waals surface area contributed by atoms with Gasteiger partial charge in [-0.2, -0.15) is 0 Å². The second-order valence-electron chi connectivity index (χ2n) is 5.97. The zero-order chi connectivity index (χ0) is 17.0. The van der Waals surface area contributed by atoms with Crippen molar-refractivity contribution in [1.82, 2.24) is 4.90 Å². The summed E-state index contributed by atoms with van der Waals surface area (Å²) >= 11 is 0. The third kappa shape index (κ3) is 3.73. The molecule has 0 fully saturated rings. The standard InChI is InChI=1S/C18H23NO4/c1-3-4-5-6-7-16(21)19-12(2)10-13-8-9-14(20)11-15(13)17(19)18(22)23/h6-9,11-12,17,20H,3-5,10H2,1-2H3,(H,22,23)/t12-,17?/m0/s1. The molecule has 1 aliphatic heterocycles. The van der Waals surface area contributed by atoms with Gasteiger partial charge in [0.05, 0.1) is 0 Å². The Labute approximate surface area is 136 Å². The van der Waals surface area contributed by atoms with Gasteiger partial charge in [-0.3, -0.25) is 4.79 Å². The molecular formula is C18H23NO4. The van der Waals surface area contributed by atoms with E-state index in [1.54, 1.807) is 18.2 Å². The van der Waals surface area contributed by atoms with Gasteiger partial charge in [-0.05, 0) is 49.1 Å². The van der Waals surface area contributed by atoms with Crippen LogP contribution in [0.5, 0.6) is 5.75 Å². The lowest BCUT2D eigenvalue weighted by atomic mass is 9.88. The predicted molar refractivity (Wildman–Crippen MR) is 87.2 cm³/mol. The van der Waals surface area contributed by atoms with Gasteiger partial charge in [0.2, 0.25) is 5.91 Å². The van der Waals surface area contributed by atoms with Crippen LogP contribution in [0.1, 0.15) is 50.3 Å². The molecule has 1 amide bonds. The minimum Gasteiger partial charge on any atom is -0.508 e. The van der Waals surface area contributed by atoms with E-state index in [1.165, 1.54) is 17.0 Å². The fraction of sp³-hybridized carbons (Fsp3) is 0.444. The Balaban J connectivity index is 2.32. The number of hydrogen-bond acceptors (Lipinski definition) is 3. The zero-order valence-electron chi connectivity index (χ0n) is 13.5. The third-order valence-electron chi connectivity index (χ3n) is 4.17. The minimum atomic E-state index is -1.08. The van der Waals surface area contributed by atoms with Crippen molar-refractivity contribution in [2.24, 2.45) is 0 Å². The summed E-state index contributed by atoms with van der Waals surface area (Å²) in [5.74, 6) is -1.37. The first-order valence-electron chi connectivity index (χ1n) is 7.99. The van der Waals surface area contributed by atoms with Crippen molar-refractivity contribution in [2.45, 2.75) is 51.6 Å². The number of carboxylic acid groups (broad SMARTS) is 1. The maximum atomic E-state index is 12.5. The van der Waals surface area contributed by atoms with Crippen molar-refractivity contribution < 1.29 is 19.8 Å². The van der Waals surface area contributed by atoms with Gasteiger partial charge in [0.25, 0.3) is 0 Å². The monoisotopic (exact) mass is 317 g/mol. The summed E-state index contributed by atoms with van der Waals surface area (Å²) in [6.45, 7) is 3.93. The van der Waals surface area contributed by atoms with Crippen molar-refractivity contribution in [3.8, 4) is 5.75 Å². The number of benzene rings is 1. The van der Waals surface area contributed by atoms with Crippen molar-refractivity contribution >= 4 is 11.9 Å². The van der Waals surface area contributed by atoms with Crippen LogP contribution < -0.4 is 0 Å². The smallest absolute Gasteiger partial charge is 0.331 e. The van der Waals surface area contributed by atoms with E-state index < -0.39 is 12.0 Å². The first-order chi connectivity index (χ1) is 11.0. The molecule has 1 heterocycles. The first kappa shape index (κ1) is 17.1. The van der Waals surface area contributed by atoms with E-state index in [-0.39, 0.29) is 17.7 Å². The number of aromatic hydroxyl groups is 1. The molecule has 1 aliphatic rings. The number of phenolic OH excluding ortho intramolecular Hbond substituents is 1. The Hall–Kier alpha value is -2.30. The summed E-state index contributed by atoms with van der Waals surface area (Å²) in [6.07, 6.45) is 6.69. The summed E-state index contributed by atoms with van der Waals surface area (Å²) in [4.78, 5) is 25.7. The van der Waals surface area contributed by atoms with Crippen LogP contribution in [0.15, 0.2) is 30.4 Å². The Morgan fingerprint density at radius 2 is 2.13 bits per heavy atom. The van der Waals surface area contributed by atoms with Crippen LogP contribution in [0, 0.1) is 0 Å². The van der Waals surface area contributed by atoms with Gasteiger partial charge < -0.3 is 15.1 Å². The molecule has 0 bridgehead atoms. The molecule has 0 saturated heterocycles. The number of nitrogens with zero attached hydrogens (tertiary/aromatic N) is 1. The Morgan fingerprint density at radius 3 is 2.78 bits per heavy atom. The third-order valence-corrected chi connectivity index (χ3v) is 4.17. The largest absolute Gasteiger partial charge is 0.508 e. The van der Waals surface area contributed by atoms with Crippen molar-refractivity contribution in [1.29, 1.82) is 0 Å². The molecule has 1 aromatic rings. The van der Waals surface area contributed by atoms with Crippen molar-refractivity contribution in [2.75, 3.05) is 0 Å². The van der Waals surface area contributed by atoms with E-state index in [0.717, 1.165) is 24.8 Å². The van der Waals surface area contributed by atoms with E-state index in [9.17, 15) is 19.8 Å². The number of fused-ring (bicyclic) bond motifs is 1. The number of aliphatic carboxylic acids is 1. The van der Waals surface area contributed by atoms with Crippen LogP contribution >= 0.6 is 0 Å². The topological polar surface area (TPSA) is 77.8 Å². The molecule has 1 unspecified atom stereocenters. The van der Waals surface area contributed by atoms with Gasteiger partial charge in [0.1, 0.15) is 5.75 Å². The fourth-order valence-electron chi connectivity index (χ4n) is 3.03. The van der Waals surface area contributed by atoms with E-state index in [0.29, 0.717) is 12.0 Å². The van der Waals surface area contributed by atoms with Crippen LogP contribution in [-0.4, -0.2) is 33.0 Å². The normalized spacial score (nSPS) is 20.5. The van der Waals surface area contributed by atoms with E-state index in [4.69, 9.17) is 0 Å². The number of hydrogen-bond donors (Lipinski definition) is 2. The molecule has 1 aromatic carbocycles. The summed E-state index contributed by atoms with van der Waals surface area (Å²) in [7, 11) is 0. The second-order valence-corrected chi connectivity index (χ2v) is 5.97. The number of carboxylic acids is 1. The second kappa shape index (κ2) is 7.31. The highest BCUT2D eigenvalue weighted by atomic mass is 16.4. The molecule has 2 N–H and O–H groups in total. The number of allylic oxidation sites excluding steroid dienone is 1. The lowest BCUT2D eigenvalue weighted by molar-refractivity contribution is -0.151. The number of unbranched alkanes of at least 4 members (excludes halogenated alkanes) is 2. The van der Waals surface area contributed by atoms with Gasteiger partial charge in [0.15, 0.2) is 6.04 Å². The van der Waals surface area contributed by atoms with E-state index >= 15 is 0 Å². The Kier molecular flexibility index (Phi) is 5.42. The van der Waals surface area contributed by atoms with Crippen molar-refractivity contribution in [3.05, 3.63) is 41.5 Å².